The van der Waals surface area contributed by atoms with Crippen molar-refractivity contribution in [1.29, 1.82) is 0 Å². The fraction of sp³-hybridized carbons (Fsp3) is 0.538. The molecule has 2 heterocycles. The van der Waals surface area contributed by atoms with Gasteiger partial charge in [-0.2, -0.15) is 0 Å². The van der Waals surface area contributed by atoms with Crippen molar-refractivity contribution in [2.45, 2.75) is 34.1 Å². The van der Waals surface area contributed by atoms with Crippen molar-refractivity contribution in [3.63, 3.8) is 0 Å². The third-order valence-corrected chi connectivity index (χ3v) is 3.60. The minimum atomic E-state index is -0.0979. The Labute approximate surface area is 111 Å². The zero-order chi connectivity index (χ0) is 13.7. The molecule has 1 aromatic heterocycles. The monoisotopic (exact) mass is 270 g/mol. The van der Waals surface area contributed by atoms with Gasteiger partial charge in [0.2, 0.25) is 0 Å². The largest absolute Gasteiger partial charge is 0.488 e. The second-order valence-electron chi connectivity index (χ2n) is 3.58. The van der Waals surface area contributed by atoms with E-state index in [4.69, 9.17) is 9.47 Å². The molecular formula is C13H18O4S. The molecule has 4 nitrogen and oxygen atoms in total. The van der Waals surface area contributed by atoms with Crippen molar-refractivity contribution in [3.8, 4) is 11.5 Å². The molecule has 0 fully saturated rings. The quantitative estimate of drug-likeness (QED) is 0.773. The van der Waals surface area contributed by atoms with E-state index in [2.05, 4.69) is 0 Å². The lowest BCUT2D eigenvalue weighted by molar-refractivity contribution is 0.100. The van der Waals surface area contributed by atoms with Gasteiger partial charge < -0.3 is 9.47 Å². The molecular weight excluding hydrogens is 252 g/mol. The normalized spacial score (nSPS) is 13.1. The molecule has 2 rings (SSSR count). The molecule has 0 amide bonds. The van der Waals surface area contributed by atoms with E-state index in [0.29, 0.717) is 34.5 Å². The van der Waals surface area contributed by atoms with Crippen LogP contribution in [0.15, 0.2) is 0 Å². The number of thiophene rings is 1. The average Bonchev–Trinajstić information content (AvgIpc) is 2.55. The molecule has 0 aromatic carbocycles. The van der Waals surface area contributed by atoms with E-state index in [1.54, 1.807) is 0 Å². The van der Waals surface area contributed by atoms with E-state index in [1.807, 2.05) is 13.8 Å². The number of Topliss-reactive ketones (excluding diaryl/α,β-unsaturated/α-hetero) is 2. The van der Waals surface area contributed by atoms with Crippen LogP contribution in [0.3, 0.4) is 0 Å². The first-order valence-corrected chi connectivity index (χ1v) is 6.87. The molecule has 1 aliphatic heterocycles. The summed E-state index contributed by atoms with van der Waals surface area (Å²) in [7, 11) is 0. The Balaban J connectivity index is 0.000000771. The summed E-state index contributed by atoms with van der Waals surface area (Å²) in [6, 6.07) is 0. The van der Waals surface area contributed by atoms with Crippen LogP contribution in [0.5, 0.6) is 11.5 Å². The predicted octanol–water partition coefficient (Wildman–Crippen LogP) is 3.34. The van der Waals surface area contributed by atoms with Gasteiger partial charge in [-0.3, -0.25) is 9.59 Å². The number of carbonyl (C=O) groups is 2. The van der Waals surface area contributed by atoms with Gasteiger partial charge in [0.1, 0.15) is 9.75 Å². The number of rotatable bonds is 2. The topological polar surface area (TPSA) is 52.6 Å². The molecule has 0 spiro atoms. The number of ether oxygens (including phenoxy) is 2. The average molecular weight is 270 g/mol. The van der Waals surface area contributed by atoms with Crippen LogP contribution in [0.2, 0.25) is 0 Å². The van der Waals surface area contributed by atoms with Crippen molar-refractivity contribution in [1.82, 2.24) is 0 Å². The van der Waals surface area contributed by atoms with Crippen molar-refractivity contribution >= 4 is 22.9 Å². The maximum absolute atomic E-state index is 11.4. The molecule has 0 radical (unpaired) electrons. The van der Waals surface area contributed by atoms with Gasteiger partial charge in [-0.25, -0.2) is 0 Å². The summed E-state index contributed by atoms with van der Waals surface area (Å²) in [6.07, 6.45) is 0.758. The van der Waals surface area contributed by atoms with Crippen LogP contribution < -0.4 is 9.47 Å². The van der Waals surface area contributed by atoms with Gasteiger partial charge in [0.05, 0.1) is 13.2 Å². The van der Waals surface area contributed by atoms with Gasteiger partial charge in [0.25, 0.3) is 0 Å². The fourth-order valence-corrected chi connectivity index (χ4v) is 2.51. The smallest absolute Gasteiger partial charge is 0.183 e. The van der Waals surface area contributed by atoms with Crippen LogP contribution >= 0.6 is 11.3 Å². The van der Waals surface area contributed by atoms with Gasteiger partial charge in [0, 0.05) is 20.3 Å². The number of hydrogen-bond donors (Lipinski definition) is 0. The van der Waals surface area contributed by atoms with E-state index in [-0.39, 0.29) is 11.6 Å². The third kappa shape index (κ3) is 2.90. The molecule has 0 atom stereocenters. The lowest BCUT2D eigenvalue weighted by atomic mass is 10.2. The van der Waals surface area contributed by atoms with E-state index < -0.39 is 0 Å². The van der Waals surface area contributed by atoms with Crippen LogP contribution in [0.1, 0.15) is 53.5 Å². The SMILES string of the molecule is CC.CC(=O)c1sc(C(C)=O)c2c1OCCCO2. The van der Waals surface area contributed by atoms with Crippen LogP contribution in [0.25, 0.3) is 0 Å². The summed E-state index contributed by atoms with van der Waals surface area (Å²) in [5, 5.41) is 0. The molecule has 0 unspecified atom stereocenters. The van der Waals surface area contributed by atoms with Crippen LogP contribution in [0.4, 0.5) is 0 Å². The highest BCUT2D eigenvalue weighted by Gasteiger charge is 2.27. The fourth-order valence-electron chi connectivity index (χ4n) is 1.53. The Morgan fingerprint density at radius 2 is 1.33 bits per heavy atom. The summed E-state index contributed by atoms with van der Waals surface area (Å²) >= 11 is 1.15. The molecule has 0 N–H and O–H groups in total. The summed E-state index contributed by atoms with van der Waals surface area (Å²) in [4.78, 5) is 23.8. The molecule has 1 aromatic rings. The Bertz CT molecular complexity index is 410. The van der Waals surface area contributed by atoms with E-state index in [0.717, 1.165) is 17.8 Å². The summed E-state index contributed by atoms with van der Waals surface area (Å²) in [5.41, 5.74) is 0. The highest BCUT2D eigenvalue weighted by Crippen LogP contribution is 2.43. The Hall–Kier alpha value is -1.36. The van der Waals surface area contributed by atoms with Crippen LogP contribution in [-0.2, 0) is 0 Å². The van der Waals surface area contributed by atoms with Crippen molar-refractivity contribution < 1.29 is 19.1 Å². The van der Waals surface area contributed by atoms with Gasteiger partial charge >= 0.3 is 0 Å². The lowest BCUT2D eigenvalue weighted by Gasteiger charge is -2.03. The maximum atomic E-state index is 11.4. The molecule has 0 bridgehead atoms. The van der Waals surface area contributed by atoms with E-state index in [1.165, 1.54) is 13.8 Å². The number of hydrogen-bond acceptors (Lipinski definition) is 5. The highest BCUT2D eigenvalue weighted by atomic mass is 32.1. The van der Waals surface area contributed by atoms with Gasteiger partial charge in [0.15, 0.2) is 23.1 Å². The number of fused-ring (bicyclic) bond motifs is 1. The molecule has 100 valence electrons. The molecule has 0 saturated heterocycles. The van der Waals surface area contributed by atoms with Crippen molar-refractivity contribution in [2.24, 2.45) is 0 Å². The Morgan fingerprint density at radius 3 is 1.67 bits per heavy atom. The molecule has 5 heteroatoms. The summed E-state index contributed by atoms with van der Waals surface area (Å²) in [6.45, 7) is 7.96. The van der Waals surface area contributed by atoms with Gasteiger partial charge in [-0.1, -0.05) is 13.8 Å². The minimum absolute atomic E-state index is 0.0979. The standard InChI is InChI=1S/C11H12O4S.C2H6/c1-6(12)10-8-9(11(16-10)7(2)13)15-5-3-4-14-8;1-2/h3-5H2,1-2H3;1-2H3. The van der Waals surface area contributed by atoms with Gasteiger partial charge in [-0.15, -0.1) is 11.3 Å². The number of carbonyl (C=O) groups excluding carboxylic acids is 2. The zero-order valence-corrected chi connectivity index (χ0v) is 12.0. The Kier molecular flexibility index (Phi) is 5.34. The molecule has 0 aliphatic carbocycles. The van der Waals surface area contributed by atoms with Crippen molar-refractivity contribution in [3.05, 3.63) is 9.75 Å². The Morgan fingerprint density at radius 1 is 0.944 bits per heavy atom. The highest BCUT2D eigenvalue weighted by molar-refractivity contribution is 7.16. The van der Waals surface area contributed by atoms with E-state index in [9.17, 15) is 9.59 Å². The number of ketones is 2. The molecule has 1 aliphatic rings. The first-order chi connectivity index (χ1) is 8.61. The predicted molar refractivity (Wildman–Crippen MR) is 71.3 cm³/mol. The first-order valence-electron chi connectivity index (χ1n) is 6.05. The second-order valence-corrected chi connectivity index (χ2v) is 4.60. The maximum Gasteiger partial charge on any atom is 0.183 e. The van der Waals surface area contributed by atoms with Crippen LogP contribution in [-0.4, -0.2) is 24.8 Å². The van der Waals surface area contributed by atoms with Crippen LogP contribution in [0, 0.1) is 0 Å². The molecule has 0 saturated carbocycles. The second kappa shape index (κ2) is 6.54. The van der Waals surface area contributed by atoms with Gasteiger partial charge in [-0.05, 0) is 0 Å². The summed E-state index contributed by atoms with van der Waals surface area (Å²) in [5.74, 6) is 0.693. The van der Waals surface area contributed by atoms with E-state index >= 15 is 0 Å². The minimum Gasteiger partial charge on any atom is -0.488 e. The lowest BCUT2D eigenvalue weighted by Crippen LogP contribution is -2.00. The molecule has 18 heavy (non-hydrogen) atoms. The zero-order valence-electron chi connectivity index (χ0n) is 11.2. The first kappa shape index (κ1) is 14.7. The third-order valence-electron chi connectivity index (χ3n) is 2.24. The summed E-state index contributed by atoms with van der Waals surface area (Å²) < 4.78 is 11.0. The van der Waals surface area contributed by atoms with Crippen molar-refractivity contribution in [2.75, 3.05) is 13.2 Å².